The highest BCUT2D eigenvalue weighted by molar-refractivity contribution is 5.75. The van der Waals surface area contributed by atoms with Gasteiger partial charge in [-0.2, -0.15) is 0 Å². The number of rotatable bonds is 5. The molecule has 3 heteroatoms. The quantitative estimate of drug-likeness (QED) is 0.591. The van der Waals surface area contributed by atoms with E-state index >= 15 is 0 Å². The number of Topliss-reactive ketones (excluding diaryl/α,β-unsaturated/α-hetero) is 1. The molecule has 0 unspecified atom stereocenters. The minimum absolute atomic E-state index is 0.173. The van der Waals surface area contributed by atoms with E-state index in [2.05, 4.69) is 4.74 Å². The van der Waals surface area contributed by atoms with Gasteiger partial charge in [-0.15, -0.1) is 0 Å². The highest BCUT2D eigenvalue weighted by Crippen LogP contribution is 2.10. The summed E-state index contributed by atoms with van der Waals surface area (Å²) in [6.45, 7) is 3.50. The third kappa shape index (κ3) is 5.89. The van der Waals surface area contributed by atoms with E-state index in [1.165, 1.54) is 7.11 Å². The largest absolute Gasteiger partial charge is 0.469 e. The van der Waals surface area contributed by atoms with E-state index in [1.807, 2.05) is 6.92 Å². The summed E-state index contributed by atoms with van der Waals surface area (Å²) < 4.78 is 4.50. The molecule has 3 nitrogen and oxygen atoms in total. The molecule has 0 aromatic carbocycles. The molecule has 70 valence electrons. The minimum Gasteiger partial charge on any atom is -0.469 e. The molecule has 0 spiro atoms. The Balaban J connectivity index is 3.52. The smallest absolute Gasteiger partial charge is 0.305 e. The third-order valence-corrected chi connectivity index (χ3v) is 1.73. The van der Waals surface area contributed by atoms with Crippen LogP contribution in [0.1, 0.15) is 33.1 Å². The van der Waals surface area contributed by atoms with Crippen LogP contribution in [0, 0.1) is 5.92 Å². The second-order valence-electron chi connectivity index (χ2n) is 3.13. The molecule has 0 saturated heterocycles. The summed E-state index contributed by atoms with van der Waals surface area (Å²) in [6.07, 6.45) is 1.73. The van der Waals surface area contributed by atoms with Crippen molar-refractivity contribution in [3.8, 4) is 0 Å². The van der Waals surface area contributed by atoms with Gasteiger partial charge in [0, 0.05) is 12.8 Å². The van der Waals surface area contributed by atoms with Gasteiger partial charge in [-0.3, -0.25) is 4.79 Å². The number of hydrogen-bond donors (Lipinski definition) is 0. The zero-order chi connectivity index (χ0) is 9.56. The van der Waals surface area contributed by atoms with Crippen molar-refractivity contribution in [1.82, 2.24) is 0 Å². The van der Waals surface area contributed by atoms with Gasteiger partial charge >= 0.3 is 5.97 Å². The average molecular weight is 172 g/mol. The Morgan fingerprint density at radius 3 is 2.42 bits per heavy atom. The zero-order valence-corrected chi connectivity index (χ0v) is 7.92. The molecule has 0 rings (SSSR count). The monoisotopic (exact) mass is 172 g/mol. The molecule has 0 aromatic heterocycles. The molecular formula is C9H16O3. The van der Waals surface area contributed by atoms with Crippen molar-refractivity contribution in [3.05, 3.63) is 0 Å². The van der Waals surface area contributed by atoms with Crippen LogP contribution in [0.2, 0.25) is 0 Å². The molecule has 0 amide bonds. The maximum Gasteiger partial charge on any atom is 0.305 e. The fourth-order valence-electron chi connectivity index (χ4n) is 0.920. The average Bonchev–Trinajstić information content (AvgIpc) is 2.00. The van der Waals surface area contributed by atoms with Gasteiger partial charge in [0.15, 0.2) is 0 Å². The van der Waals surface area contributed by atoms with Crippen molar-refractivity contribution in [2.75, 3.05) is 7.11 Å². The molecule has 0 radical (unpaired) electrons. The summed E-state index contributed by atoms with van der Waals surface area (Å²) in [4.78, 5) is 21.3. The van der Waals surface area contributed by atoms with E-state index in [0.717, 1.165) is 6.42 Å². The van der Waals surface area contributed by atoms with E-state index in [-0.39, 0.29) is 17.7 Å². The molecule has 12 heavy (non-hydrogen) atoms. The van der Waals surface area contributed by atoms with Gasteiger partial charge in [-0.25, -0.2) is 0 Å². The lowest BCUT2D eigenvalue weighted by molar-refractivity contribution is -0.141. The summed E-state index contributed by atoms with van der Waals surface area (Å²) in [5.74, 6) is 0.208. The molecule has 0 saturated carbocycles. The molecule has 0 N–H and O–H groups in total. The second kappa shape index (κ2) is 5.75. The number of carbonyl (C=O) groups is 2. The van der Waals surface area contributed by atoms with Crippen molar-refractivity contribution < 1.29 is 14.3 Å². The lowest BCUT2D eigenvalue weighted by atomic mass is 10.0. The highest BCUT2D eigenvalue weighted by atomic mass is 16.5. The van der Waals surface area contributed by atoms with Crippen LogP contribution in [0.4, 0.5) is 0 Å². The first-order valence-corrected chi connectivity index (χ1v) is 4.12. The Bertz CT molecular complexity index is 163. The molecular weight excluding hydrogens is 156 g/mol. The van der Waals surface area contributed by atoms with E-state index in [4.69, 9.17) is 0 Å². The van der Waals surface area contributed by atoms with Crippen LogP contribution in [0.5, 0.6) is 0 Å². The van der Waals surface area contributed by atoms with Gasteiger partial charge in [-0.1, -0.05) is 6.92 Å². The summed E-state index contributed by atoms with van der Waals surface area (Å²) in [5.41, 5.74) is 0. The predicted molar refractivity (Wildman–Crippen MR) is 45.7 cm³/mol. The summed E-state index contributed by atoms with van der Waals surface area (Å²) in [6, 6.07) is 0. The Hall–Kier alpha value is -0.860. The topological polar surface area (TPSA) is 43.4 Å². The van der Waals surface area contributed by atoms with E-state index in [1.54, 1.807) is 6.92 Å². The molecule has 0 aromatic rings. The fourth-order valence-corrected chi connectivity index (χ4v) is 0.920. The van der Waals surface area contributed by atoms with Gasteiger partial charge in [0.25, 0.3) is 0 Å². The summed E-state index contributed by atoms with van der Waals surface area (Å²) in [7, 11) is 1.38. The fraction of sp³-hybridized carbons (Fsp3) is 0.778. The first-order chi connectivity index (χ1) is 5.56. The van der Waals surface area contributed by atoms with Gasteiger partial charge in [0.2, 0.25) is 0 Å². The molecule has 0 fully saturated rings. The van der Waals surface area contributed by atoms with E-state index in [0.29, 0.717) is 12.8 Å². The van der Waals surface area contributed by atoms with Crippen molar-refractivity contribution >= 4 is 11.8 Å². The Morgan fingerprint density at radius 1 is 1.42 bits per heavy atom. The minimum atomic E-state index is -0.203. The van der Waals surface area contributed by atoms with Crippen LogP contribution in [-0.2, 0) is 14.3 Å². The number of methoxy groups -OCH3 is 1. The second-order valence-corrected chi connectivity index (χ2v) is 3.13. The molecule has 0 aliphatic carbocycles. The zero-order valence-electron chi connectivity index (χ0n) is 7.92. The third-order valence-electron chi connectivity index (χ3n) is 1.73. The van der Waals surface area contributed by atoms with Crippen LogP contribution in [0.3, 0.4) is 0 Å². The molecule has 0 aliphatic rings. The van der Waals surface area contributed by atoms with Crippen LogP contribution < -0.4 is 0 Å². The lowest BCUT2D eigenvalue weighted by Crippen LogP contribution is -2.08. The number of carbonyl (C=O) groups excluding carboxylic acids is 2. The SMILES string of the molecule is COC(=O)C[C@H](C)CCC(C)=O. The summed E-state index contributed by atoms with van der Waals surface area (Å²) in [5, 5.41) is 0. The molecule has 1 atom stereocenters. The normalized spacial score (nSPS) is 12.2. The Labute approximate surface area is 73.1 Å². The molecule has 0 aliphatic heterocycles. The first kappa shape index (κ1) is 11.1. The standard InChI is InChI=1S/C9H16O3/c1-7(4-5-8(2)10)6-9(11)12-3/h7H,4-6H2,1-3H3/t7-/m1/s1. The number of ketones is 1. The van der Waals surface area contributed by atoms with Crippen molar-refractivity contribution in [2.45, 2.75) is 33.1 Å². The van der Waals surface area contributed by atoms with E-state index < -0.39 is 0 Å². The van der Waals surface area contributed by atoms with Crippen molar-refractivity contribution in [2.24, 2.45) is 5.92 Å². The maximum atomic E-state index is 10.8. The maximum absolute atomic E-state index is 10.8. The Morgan fingerprint density at radius 2 is 2.00 bits per heavy atom. The lowest BCUT2D eigenvalue weighted by Gasteiger charge is -2.07. The Kier molecular flexibility index (Phi) is 5.34. The molecule has 0 heterocycles. The van der Waals surface area contributed by atoms with E-state index in [9.17, 15) is 9.59 Å². The van der Waals surface area contributed by atoms with Gasteiger partial charge < -0.3 is 9.53 Å². The van der Waals surface area contributed by atoms with Crippen LogP contribution >= 0.6 is 0 Å². The number of ether oxygens (including phenoxy) is 1. The molecule has 0 bridgehead atoms. The number of hydrogen-bond acceptors (Lipinski definition) is 3. The van der Waals surface area contributed by atoms with Crippen LogP contribution in [-0.4, -0.2) is 18.9 Å². The van der Waals surface area contributed by atoms with Gasteiger partial charge in [0.1, 0.15) is 5.78 Å². The van der Waals surface area contributed by atoms with Crippen molar-refractivity contribution in [1.29, 1.82) is 0 Å². The van der Waals surface area contributed by atoms with Gasteiger partial charge in [0.05, 0.1) is 7.11 Å². The van der Waals surface area contributed by atoms with Crippen LogP contribution in [0.25, 0.3) is 0 Å². The number of esters is 1. The van der Waals surface area contributed by atoms with Crippen LogP contribution in [0.15, 0.2) is 0 Å². The van der Waals surface area contributed by atoms with Crippen molar-refractivity contribution in [3.63, 3.8) is 0 Å². The van der Waals surface area contributed by atoms with Gasteiger partial charge in [-0.05, 0) is 19.3 Å². The predicted octanol–water partition coefficient (Wildman–Crippen LogP) is 1.55. The first-order valence-electron chi connectivity index (χ1n) is 4.12. The highest BCUT2D eigenvalue weighted by Gasteiger charge is 2.09. The summed E-state index contributed by atoms with van der Waals surface area (Å²) >= 11 is 0.